The lowest BCUT2D eigenvalue weighted by molar-refractivity contribution is -0.161. The smallest absolute Gasteiger partial charge is 0.462 e. The van der Waals surface area contributed by atoms with Crippen molar-refractivity contribution in [2.45, 2.75) is 204 Å². The molecule has 11 heteroatoms. The number of allylic oxidation sites excluding steroid dienone is 4. The summed E-state index contributed by atoms with van der Waals surface area (Å²) in [5.41, 5.74) is 0. The summed E-state index contributed by atoms with van der Waals surface area (Å²) in [5, 5.41) is 18.7. The number of esters is 2. The van der Waals surface area contributed by atoms with Crippen LogP contribution in [0.1, 0.15) is 283 Å². The summed E-state index contributed by atoms with van der Waals surface area (Å²) in [6.07, 6.45) is -149. The van der Waals surface area contributed by atoms with Gasteiger partial charge in [-0.1, -0.05) is 140 Å². The maximum atomic E-state index is 13.9. The fourth-order valence-corrected chi connectivity index (χ4v) is 2.72. The SMILES string of the molecule is [2H]/C(=C(/[2H])C([2H])([2H])C([2H])([2H])C([2H])([2H])C([2H])([2H])C([2H])([2H])C([2H])([2H])C([2H])([2H])C([2H])([2H])[2H])C([2H])([2H])C([2H])([2H])C([2H])([2H])C([2H])([2H])C([2H])([2H])C([2H])([2H])C([2H])([2H])C(=O)OCC(COP(=O)(O)OCC(O)CO)OC(=O)C([2H])([2H])C([2H])([2H])C([2H])([2H])C([2H])([2H])C([2H])([2H])C([2H])([2H])C([2H])([2H])/C([2H])=C(\[2H])C([2H])([2H])C([2H])([2H])C([2H])([2H])C([2H])([2H])C([2H])([2H])C([2H])([2H])C([2H])([2H])C([2H])([2H])[2H]. The normalized spacial score (nSPS) is 41.3. The number of rotatable bonds is 40. The van der Waals surface area contributed by atoms with Crippen LogP contribution in [0, 0.1) is 0 Å². The van der Waals surface area contributed by atoms with E-state index in [0.29, 0.717) is 0 Å². The molecular weight excluding hydrogens is 695 g/mol. The van der Waals surface area contributed by atoms with Crippen molar-refractivity contribution in [2.24, 2.45) is 0 Å². The maximum Gasteiger partial charge on any atom is 0.472 e. The average molecular weight is 841 g/mol. The number of hydrogen-bond donors (Lipinski definition) is 3. The van der Waals surface area contributed by atoms with Gasteiger partial charge in [-0.25, -0.2) is 4.57 Å². The Morgan fingerprint density at radius 1 is 0.623 bits per heavy atom. The molecule has 0 aromatic carbocycles. The lowest BCUT2D eigenvalue weighted by Gasteiger charge is -2.20. The van der Waals surface area contributed by atoms with Crippen LogP contribution in [0.25, 0.3) is 0 Å². The minimum atomic E-state index is -5.94. The molecule has 0 aromatic rings. The summed E-state index contributed by atoms with van der Waals surface area (Å²) in [5.74, 6) is -6.24. The van der Waals surface area contributed by atoms with E-state index < -0.39 is 275 Å². The first-order valence-electron chi connectivity index (χ1n) is 46.4. The van der Waals surface area contributed by atoms with Crippen molar-refractivity contribution in [3.63, 3.8) is 0 Å². The maximum absolute atomic E-state index is 13.9. The third-order valence-electron chi connectivity index (χ3n) is 3.82. The van der Waals surface area contributed by atoms with Gasteiger partial charge < -0.3 is 24.6 Å². The van der Waals surface area contributed by atoms with Gasteiger partial charge in [-0.05, 0) is 63.7 Å². The zero-order chi connectivity index (χ0) is 97.8. The van der Waals surface area contributed by atoms with E-state index in [1.165, 1.54) is 0 Å². The molecule has 0 aromatic heterocycles. The molecule has 10 nitrogen and oxygen atoms in total. The van der Waals surface area contributed by atoms with Crippen LogP contribution in [0.4, 0.5) is 0 Å². The Morgan fingerprint density at radius 3 is 1.47 bits per heavy atom. The minimum Gasteiger partial charge on any atom is -0.462 e. The second-order valence-corrected chi connectivity index (χ2v) is 8.98. The molecule has 0 saturated heterocycles. The molecule has 0 spiro atoms. The monoisotopic (exact) mass is 841 g/mol. The first kappa shape index (κ1) is 9.66. The van der Waals surface area contributed by atoms with Crippen molar-refractivity contribution in [3.8, 4) is 0 Å². The number of ether oxygens (including phenoxy) is 2. The number of aliphatic hydroxyl groups is 2. The molecule has 0 aliphatic carbocycles. The molecule has 0 rings (SSSR count). The molecule has 0 fully saturated rings. The van der Waals surface area contributed by atoms with Crippen molar-refractivity contribution in [3.05, 3.63) is 24.2 Å². The number of aliphatic hydroxyl groups excluding tert-OH is 2. The minimum absolute atomic E-state index is 1.28. The highest BCUT2D eigenvalue weighted by Crippen LogP contribution is 2.43. The molecule has 3 atom stereocenters. The molecule has 0 aliphatic rings. The second kappa shape index (κ2) is 38.7. The lowest BCUT2D eigenvalue weighted by atomic mass is 10.1. The first-order chi connectivity index (χ1) is 50.7. The van der Waals surface area contributed by atoms with E-state index >= 15 is 0 Å². The van der Waals surface area contributed by atoms with E-state index in [4.69, 9.17) is 95.6 Å². The fraction of sp³-hybridized carbons (Fsp3) is 0.857. The third-order valence-corrected chi connectivity index (χ3v) is 4.77. The van der Waals surface area contributed by atoms with E-state index in [2.05, 4.69) is 18.5 Å². The van der Waals surface area contributed by atoms with Gasteiger partial charge in [0.1, 0.15) is 12.7 Å². The fourth-order valence-electron chi connectivity index (χ4n) is 1.93. The Balaban J connectivity index is 8.27. The molecule has 312 valence electrons. The average Bonchev–Trinajstić information content (AvgIpc) is 0.669. The molecule has 0 amide bonds. The van der Waals surface area contributed by atoms with Crippen LogP contribution >= 0.6 is 7.82 Å². The summed E-state index contributed by atoms with van der Waals surface area (Å²) in [6.45, 7) is -15.7. The van der Waals surface area contributed by atoms with Crippen LogP contribution in [0.2, 0.25) is 0 Å². The second-order valence-electron chi connectivity index (χ2n) is 7.52. The molecule has 3 unspecified atom stereocenters. The topological polar surface area (TPSA) is 149 Å². The first-order valence-corrected chi connectivity index (χ1v) is 14.9. The van der Waals surface area contributed by atoms with Crippen LogP contribution in [0.5, 0.6) is 0 Å². The molecule has 0 bridgehead atoms. The Kier molecular flexibility index (Phi) is 7.05. The highest BCUT2D eigenvalue weighted by Gasteiger charge is 2.27. The summed E-state index contributed by atoms with van der Waals surface area (Å²) in [7, 11) is -5.94. The molecule has 0 radical (unpaired) electrons. The van der Waals surface area contributed by atoms with E-state index in [1.807, 2.05) is 0 Å². The Hall–Kier alpha value is -1.55. The number of phosphoric acid groups is 1. The molecule has 0 heterocycles. The zero-order valence-electron chi connectivity index (χ0n) is 92.6. The van der Waals surface area contributed by atoms with Crippen LogP contribution in [-0.4, -0.2) is 65.7 Å². The van der Waals surface area contributed by atoms with E-state index in [1.54, 1.807) is 0 Å². The van der Waals surface area contributed by atoms with Gasteiger partial charge in [0.25, 0.3) is 0 Å². The largest absolute Gasteiger partial charge is 0.472 e. The molecule has 53 heavy (non-hydrogen) atoms. The van der Waals surface area contributed by atoms with Crippen molar-refractivity contribution in [1.82, 2.24) is 0 Å². The van der Waals surface area contributed by atoms with Gasteiger partial charge in [-0.3, -0.25) is 18.6 Å². The molecule has 0 aliphatic heterocycles. The van der Waals surface area contributed by atoms with Crippen LogP contribution < -0.4 is 0 Å². The van der Waals surface area contributed by atoms with E-state index in [9.17, 15) is 24.2 Å². The Bertz CT molecular complexity index is 3760. The van der Waals surface area contributed by atoms with Gasteiger partial charge in [0.15, 0.2) is 6.10 Å². The van der Waals surface area contributed by atoms with Crippen molar-refractivity contribution < 1.29 is 138 Å². The number of carbonyl (C=O) groups excluding carboxylic acids is 2. The molecule has 3 N–H and O–H groups in total. The number of phosphoric ester groups is 1. The Labute approximate surface area is 416 Å². The zero-order valence-corrected chi connectivity index (χ0v) is 27.5. The Morgan fingerprint density at radius 2 is 1.02 bits per heavy atom. The van der Waals surface area contributed by atoms with Crippen LogP contribution in [0.3, 0.4) is 0 Å². The quantitative estimate of drug-likeness (QED) is 0.0309. The van der Waals surface area contributed by atoms with Gasteiger partial charge >= 0.3 is 19.8 Å². The van der Waals surface area contributed by atoms with Gasteiger partial charge in [-0.15, -0.1) is 0 Å². The number of carbonyl (C=O) groups is 2. The van der Waals surface area contributed by atoms with Crippen LogP contribution in [0.15, 0.2) is 24.2 Å². The van der Waals surface area contributed by atoms with Crippen molar-refractivity contribution in [2.75, 3.05) is 26.4 Å². The highest BCUT2D eigenvalue weighted by atomic mass is 31.2. The van der Waals surface area contributed by atoms with Crippen LogP contribution in [-0.2, 0) is 32.7 Å². The molecular formula is C42H79O10P. The third kappa shape index (κ3) is 38.5. The van der Waals surface area contributed by atoms with Gasteiger partial charge in [0.05, 0.1) is 25.3 Å². The summed E-state index contributed by atoms with van der Waals surface area (Å²) in [4.78, 5) is 37.9. The summed E-state index contributed by atoms with van der Waals surface area (Å²) >= 11 is 0. The number of hydrogen-bond acceptors (Lipinski definition) is 9. The standard InChI is InChI=1S/C42H79O10P/c1-3-5-7-9-11-13-15-17-19-21-23-25-27-29-31-33-41(45)49-37-40(38-51-53(47,48)50-36-39(44)35-43)52-42(46)34-32-30-28-26-24-22-20-18-16-14-12-10-8-6-4-2/h17-20,39-40,43-44H,3-16,21-38H2,1-2H3,(H,47,48)/b19-17+,20-18+/i1D3,2D3,3D2,4D2,5D2,6D2,7D2,8D2,9D2,10D2,11D2,12D2,13D2,14D2,15D2,16D2,17D,18D,19D,20D,21D2,22D2,23D2,24D2,25D2,26D2,27D2,28D2,29D2,30D2,31D2,32D2,33D2,34D2. The predicted octanol–water partition coefficient (Wildman–Crippen LogP) is 11.0. The van der Waals surface area contributed by atoms with Gasteiger partial charge in [-0.2, -0.15) is 0 Å². The van der Waals surface area contributed by atoms with Crippen molar-refractivity contribution in [1.29, 1.82) is 0 Å². The van der Waals surface area contributed by atoms with Crippen molar-refractivity contribution >= 4 is 19.8 Å². The van der Waals surface area contributed by atoms with Gasteiger partial charge in [0.2, 0.25) is 0 Å². The molecule has 0 saturated carbocycles. The van der Waals surface area contributed by atoms with Gasteiger partial charge in [0, 0.05) is 97.7 Å². The summed E-state index contributed by atoms with van der Waals surface area (Å²) < 4.78 is 572. The predicted molar refractivity (Wildman–Crippen MR) is 215 cm³/mol. The summed E-state index contributed by atoms with van der Waals surface area (Å²) in [6, 6.07) is -11.3. The van der Waals surface area contributed by atoms with E-state index in [-0.39, 0.29) is 0 Å². The van der Waals surface area contributed by atoms with E-state index in [0.717, 1.165) is 0 Å². The lowest BCUT2D eigenvalue weighted by Crippen LogP contribution is -2.29. The highest BCUT2D eigenvalue weighted by molar-refractivity contribution is 7.47.